The number of aryl methyl sites for hydroxylation is 2. The van der Waals surface area contributed by atoms with Gasteiger partial charge in [-0.3, -0.25) is 9.78 Å². The molecule has 1 fully saturated rings. The zero-order valence-corrected chi connectivity index (χ0v) is 12.7. The predicted molar refractivity (Wildman–Crippen MR) is 77.5 cm³/mol. The molecule has 8 nitrogen and oxygen atoms in total. The monoisotopic (exact) mass is 305 g/mol. The number of H-pyrrole nitrogens is 2. The average Bonchev–Trinajstić information content (AvgIpc) is 3.12. The number of hydrogen-bond acceptors (Lipinski definition) is 5. The first-order valence-corrected chi connectivity index (χ1v) is 7.52. The highest BCUT2D eigenvalue weighted by molar-refractivity contribution is 5.92. The molecule has 22 heavy (non-hydrogen) atoms. The van der Waals surface area contributed by atoms with Crippen molar-refractivity contribution in [3.05, 3.63) is 33.7 Å². The minimum Gasteiger partial charge on any atom is -0.435 e. The Morgan fingerprint density at radius 3 is 2.91 bits per heavy atom. The van der Waals surface area contributed by atoms with E-state index >= 15 is 0 Å². The van der Waals surface area contributed by atoms with Crippen molar-refractivity contribution < 1.29 is 9.21 Å². The number of likely N-dealkylation sites (tertiary alicyclic amines) is 1. The van der Waals surface area contributed by atoms with Gasteiger partial charge in [0, 0.05) is 13.0 Å². The zero-order chi connectivity index (χ0) is 15.7. The van der Waals surface area contributed by atoms with Crippen molar-refractivity contribution in [1.82, 2.24) is 25.1 Å². The quantitative estimate of drug-likeness (QED) is 0.889. The van der Waals surface area contributed by atoms with Crippen LogP contribution in [0, 0.1) is 6.92 Å². The fourth-order valence-electron chi connectivity index (χ4n) is 2.83. The summed E-state index contributed by atoms with van der Waals surface area (Å²) in [6, 6.07) is -0.241. The molecule has 0 aliphatic carbocycles. The number of carbonyl (C=O) groups excluding carboxylic acids is 1. The molecule has 0 unspecified atom stereocenters. The van der Waals surface area contributed by atoms with Gasteiger partial charge in [-0.1, -0.05) is 6.92 Å². The van der Waals surface area contributed by atoms with Crippen LogP contribution in [0.15, 0.2) is 9.21 Å². The number of hydrogen-bond donors (Lipinski definition) is 2. The Morgan fingerprint density at radius 1 is 1.45 bits per heavy atom. The van der Waals surface area contributed by atoms with E-state index in [4.69, 9.17) is 4.42 Å². The molecule has 1 saturated heterocycles. The van der Waals surface area contributed by atoms with Crippen LogP contribution in [-0.4, -0.2) is 37.5 Å². The van der Waals surface area contributed by atoms with Crippen LogP contribution in [0.5, 0.6) is 0 Å². The lowest BCUT2D eigenvalue weighted by Gasteiger charge is -2.33. The van der Waals surface area contributed by atoms with E-state index in [2.05, 4.69) is 20.2 Å². The second-order valence-corrected chi connectivity index (χ2v) is 5.45. The van der Waals surface area contributed by atoms with Crippen LogP contribution < -0.4 is 5.69 Å². The third-order valence-corrected chi connectivity index (χ3v) is 3.94. The fourth-order valence-corrected chi connectivity index (χ4v) is 2.83. The topological polar surface area (TPSA) is 108 Å². The molecule has 118 valence electrons. The fraction of sp³-hybridized carbons (Fsp3) is 0.571. The molecule has 8 heteroatoms. The largest absolute Gasteiger partial charge is 0.435 e. The smallest absolute Gasteiger partial charge is 0.340 e. The van der Waals surface area contributed by atoms with Crippen molar-refractivity contribution in [2.45, 2.75) is 45.6 Å². The highest BCUT2D eigenvalue weighted by Gasteiger charge is 2.33. The Bertz CT molecular complexity index is 729. The number of aromatic amines is 2. The molecule has 0 aromatic carbocycles. The van der Waals surface area contributed by atoms with Crippen molar-refractivity contribution in [2.24, 2.45) is 0 Å². The van der Waals surface area contributed by atoms with Crippen LogP contribution in [0.1, 0.15) is 60.2 Å². The van der Waals surface area contributed by atoms with E-state index in [1.807, 2.05) is 6.92 Å². The van der Waals surface area contributed by atoms with Crippen molar-refractivity contribution in [1.29, 1.82) is 0 Å². The van der Waals surface area contributed by atoms with Crippen molar-refractivity contribution >= 4 is 5.91 Å². The normalized spacial score (nSPS) is 18.6. The van der Waals surface area contributed by atoms with Crippen LogP contribution in [0.3, 0.4) is 0 Å². The summed E-state index contributed by atoms with van der Waals surface area (Å²) in [6.45, 7) is 4.31. The van der Waals surface area contributed by atoms with E-state index in [1.54, 1.807) is 11.8 Å². The predicted octanol–water partition coefficient (Wildman–Crippen LogP) is 1.32. The minimum absolute atomic E-state index is 0.196. The molecular formula is C14H19N5O3. The van der Waals surface area contributed by atoms with Gasteiger partial charge in [-0.25, -0.2) is 14.9 Å². The highest BCUT2D eigenvalue weighted by atomic mass is 16.4. The maximum absolute atomic E-state index is 12.8. The number of nitrogens with one attached hydrogen (secondary N) is 2. The van der Waals surface area contributed by atoms with E-state index in [9.17, 15) is 9.59 Å². The number of piperidine rings is 1. The van der Waals surface area contributed by atoms with Crippen LogP contribution in [0.25, 0.3) is 0 Å². The number of rotatable bonds is 3. The lowest BCUT2D eigenvalue weighted by atomic mass is 10.0. The Hall–Kier alpha value is -2.38. The second kappa shape index (κ2) is 5.78. The third kappa shape index (κ3) is 2.56. The first-order chi connectivity index (χ1) is 10.6. The van der Waals surface area contributed by atoms with Crippen molar-refractivity contribution in [3.63, 3.8) is 0 Å². The molecule has 0 bridgehead atoms. The van der Waals surface area contributed by atoms with Gasteiger partial charge < -0.3 is 9.32 Å². The van der Waals surface area contributed by atoms with Gasteiger partial charge in [-0.2, -0.15) is 5.10 Å². The summed E-state index contributed by atoms with van der Waals surface area (Å²) in [5, 5.41) is 6.33. The molecule has 0 radical (unpaired) electrons. The second-order valence-electron chi connectivity index (χ2n) is 5.45. The van der Waals surface area contributed by atoms with Crippen molar-refractivity contribution in [2.75, 3.05) is 6.54 Å². The van der Waals surface area contributed by atoms with Gasteiger partial charge in [-0.05, 0) is 26.2 Å². The molecule has 1 aliphatic rings. The number of carbonyl (C=O) groups is 1. The zero-order valence-electron chi connectivity index (χ0n) is 12.7. The summed E-state index contributed by atoms with van der Waals surface area (Å²) in [5.41, 5.74) is 0.235. The van der Waals surface area contributed by atoms with Crippen LogP contribution in [0.4, 0.5) is 0 Å². The van der Waals surface area contributed by atoms with Gasteiger partial charge in [-0.15, -0.1) is 0 Å². The number of amides is 1. The molecule has 2 aromatic rings. The molecule has 0 spiro atoms. The molecule has 2 aromatic heterocycles. The van der Waals surface area contributed by atoms with E-state index in [0.29, 0.717) is 30.4 Å². The van der Waals surface area contributed by atoms with Crippen LogP contribution in [-0.2, 0) is 6.42 Å². The van der Waals surface area contributed by atoms with Gasteiger partial charge in [0.1, 0.15) is 0 Å². The molecule has 1 amide bonds. The Labute approximate surface area is 126 Å². The average molecular weight is 305 g/mol. The third-order valence-electron chi connectivity index (χ3n) is 3.94. The molecular weight excluding hydrogens is 286 g/mol. The lowest BCUT2D eigenvalue weighted by molar-refractivity contribution is 0.0565. The Balaban J connectivity index is 1.91. The van der Waals surface area contributed by atoms with E-state index in [0.717, 1.165) is 19.3 Å². The van der Waals surface area contributed by atoms with Gasteiger partial charge in [0.05, 0.1) is 11.7 Å². The minimum atomic E-state index is -0.364. The Morgan fingerprint density at radius 2 is 2.27 bits per heavy atom. The van der Waals surface area contributed by atoms with Gasteiger partial charge in [0.15, 0.2) is 11.7 Å². The van der Waals surface area contributed by atoms with Crippen LogP contribution in [0.2, 0.25) is 0 Å². The maximum atomic E-state index is 12.8. The Kier molecular flexibility index (Phi) is 3.82. The van der Waals surface area contributed by atoms with E-state index < -0.39 is 0 Å². The van der Waals surface area contributed by atoms with Gasteiger partial charge in [0.2, 0.25) is 5.76 Å². The lowest BCUT2D eigenvalue weighted by Crippen LogP contribution is -2.39. The number of aromatic nitrogens is 4. The van der Waals surface area contributed by atoms with E-state index in [1.165, 1.54) is 0 Å². The number of oxazole rings is 1. The first kappa shape index (κ1) is 14.6. The summed E-state index contributed by atoms with van der Waals surface area (Å²) in [6.07, 6.45) is 3.31. The molecule has 3 heterocycles. The number of nitrogens with zero attached hydrogens (tertiary/aromatic N) is 3. The van der Waals surface area contributed by atoms with Gasteiger partial charge in [0.25, 0.3) is 5.91 Å². The maximum Gasteiger partial charge on any atom is 0.340 e. The van der Waals surface area contributed by atoms with Crippen molar-refractivity contribution in [3.8, 4) is 0 Å². The highest BCUT2D eigenvalue weighted by Crippen LogP contribution is 2.30. The summed E-state index contributed by atoms with van der Waals surface area (Å²) in [5.74, 6) is 1.13. The van der Waals surface area contributed by atoms with Gasteiger partial charge >= 0.3 is 5.69 Å². The SMILES string of the molecule is CCc1nc(C)c(C(=O)N2CCCC[C@@H]2c2n[nH]c(=O)[nH]2)o1. The summed E-state index contributed by atoms with van der Waals surface area (Å²) < 4.78 is 5.57. The molecule has 1 atom stereocenters. The molecule has 3 rings (SSSR count). The molecule has 2 N–H and O–H groups in total. The standard InChI is InChI=1S/C14H19N5O3/c1-3-10-15-8(2)11(22-10)13(20)19-7-5-4-6-9(19)12-16-14(21)18-17-12/h9H,3-7H2,1-2H3,(H2,16,17,18,21)/t9-/m1/s1. The summed E-state index contributed by atoms with van der Waals surface area (Å²) >= 11 is 0. The first-order valence-electron chi connectivity index (χ1n) is 7.52. The molecule has 1 aliphatic heterocycles. The summed E-state index contributed by atoms with van der Waals surface area (Å²) in [7, 11) is 0. The van der Waals surface area contributed by atoms with Crippen LogP contribution >= 0.6 is 0 Å². The summed E-state index contributed by atoms with van der Waals surface area (Å²) in [4.78, 5) is 32.7. The molecule has 0 saturated carbocycles. The van der Waals surface area contributed by atoms with E-state index in [-0.39, 0.29) is 23.4 Å².